The van der Waals surface area contributed by atoms with Crippen LogP contribution in [0.5, 0.6) is 5.75 Å². The number of anilines is 1. The number of nitrogen functional groups attached to an aromatic ring is 1. The zero-order valence-corrected chi connectivity index (χ0v) is 40.9. The van der Waals surface area contributed by atoms with Crippen molar-refractivity contribution in [3.05, 3.63) is 58.9 Å². The van der Waals surface area contributed by atoms with Gasteiger partial charge in [-0.1, -0.05) is 31.9 Å². The number of carbonyl (C=O) groups is 1. The summed E-state index contributed by atoms with van der Waals surface area (Å²) in [5, 5.41) is 1.07. The van der Waals surface area contributed by atoms with E-state index in [0.717, 1.165) is 85.8 Å². The molecule has 0 bridgehead atoms. The Kier molecular flexibility index (Phi) is 30.0. The highest BCUT2D eigenvalue weighted by atomic mass is 19.2. The van der Waals surface area contributed by atoms with Crippen LogP contribution in [0, 0.1) is 23.3 Å². The molecule has 21 heteroatoms. The number of aromatic nitrogens is 3. The number of carbonyl (C=O) groups excluding carboxylic acids is 1. The van der Waals surface area contributed by atoms with Gasteiger partial charge in [0.25, 0.3) is 0 Å². The predicted molar refractivity (Wildman–Crippen MR) is 254 cm³/mol. The molecule has 0 aliphatic rings. The molecule has 4 aromatic rings. The Morgan fingerprint density at radius 2 is 1.07 bits per heavy atom. The summed E-state index contributed by atoms with van der Waals surface area (Å²) in [6.45, 7) is 12.0. The summed E-state index contributed by atoms with van der Waals surface area (Å²) in [6, 6.07) is 6.53. The van der Waals surface area contributed by atoms with Crippen LogP contribution in [0.3, 0.4) is 0 Å². The molecule has 2 aromatic carbocycles. The average molecular weight is 1000 g/mol. The number of hydrogen-bond donors (Lipinski definition) is 2. The molecule has 70 heavy (non-hydrogen) atoms. The molecule has 0 saturated carbocycles. The van der Waals surface area contributed by atoms with E-state index in [-0.39, 0.29) is 25.9 Å². The summed E-state index contributed by atoms with van der Waals surface area (Å²) >= 11 is 0. The van der Waals surface area contributed by atoms with Crippen molar-refractivity contribution in [3.63, 3.8) is 0 Å². The maximum Gasteiger partial charge on any atom is 0.313 e. The Bertz CT molecular complexity index is 2030. The summed E-state index contributed by atoms with van der Waals surface area (Å²) in [5.41, 5.74) is 10.2. The number of H-pyrrole nitrogens is 1. The number of nitrogens with one attached hydrogen (secondary N) is 1. The molecule has 394 valence electrons. The average Bonchev–Trinajstić information content (AvgIpc) is 3.79. The van der Waals surface area contributed by atoms with E-state index < -0.39 is 41.4 Å². The van der Waals surface area contributed by atoms with Gasteiger partial charge in [0.15, 0.2) is 17.5 Å². The number of aromatic amines is 1. The highest BCUT2D eigenvalue weighted by Gasteiger charge is 2.23. The summed E-state index contributed by atoms with van der Waals surface area (Å²) in [6.07, 6.45) is 7.16. The number of esters is 1. The van der Waals surface area contributed by atoms with Gasteiger partial charge < -0.3 is 67.7 Å². The highest BCUT2D eigenvalue weighted by Crippen LogP contribution is 2.28. The SMILES string of the molecule is CCCCc1nc2c(N)nc3cc(CCCCCN(C)CCOCCOCCOCCOCCOCCOCCOCCOCCOCCOCCC(=O)Oc4c(F)c(F)cc(F)c4F)ccc3c2[nH]1. The number of ether oxygens (including phenoxy) is 11. The van der Waals surface area contributed by atoms with Crippen LogP contribution in [0.4, 0.5) is 23.4 Å². The minimum absolute atomic E-state index is 0.0204. The molecule has 0 aliphatic heterocycles. The number of nitrogens with two attached hydrogens (primary N) is 1. The zero-order chi connectivity index (χ0) is 50.0. The number of nitrogens with zero attached hydrogens (tertiary/aromatic N) is 3. The van der Waals surface area contributed by atoms with Crippen LogP contribution in [-0.4, -0.2) is 178 Å². The van der Waals surface area contributed by atoms with E-state index in [1.54, 1.807) is 0 Å². The number of unbranched alkanes of at least 4 members (excludes halogenated alkanes) is 3. The Morgan fingerprint density at radius 1 is 0.586 bits per heavy atom. The van der Waals surface area contributed by atoms with Crippen molar-refractivity contribution >= 4 is 33.7 Å². The lowest BCUT2D eigenvalue weighted by Crippen LogP contribution is -2.25. The van der Waals surface area contributed by atoms with Gasteiger partial charge in [0.1, 0.15) is 11.3 Å². The van der Waals surface area contributed by atoms with Gasteiger partial charge in [-0.15, -0.1) is 0 Å². The van der Waals surface area contributed by atoms with Gasteiger partial charge in [-0.25, -0.2) is 18.7 Å². The van der Waals surface area contributed by atoms with Gasteiger partial charge >= 0.3 is 5.97 Å². The van der Waals surface area contributed by atoms with E-state index in [9.17, 15) is 22.4 Å². The first-order valence-electron chi connectivity index (χ1n) is 24.2. The number of pyridine rings is 1. The topological polar surface area (TPSA) is 189 Å². The summed E-state index contributed by atoms with van der Waals surface area (Å²) in [7, 11) is 2.13. The summed E-state index contributed by atoms with van der Waals surface area (Å²) < 4.78 is 113. The molecule has 0 fully saturated rings. The minimum Gasteiger partial charge on any atom is -0.420 e. The quantitative estimate of drug-likeness (QED) is 0.0163. The lowest BCUT2D eigenvalue weighted by molar-refractivity contribution is -0.136. The number of fused-ring (bicyclic) bond motifs is 3. The second kappa shape index (κ2) is 35.9. The lowest BCUT2D eigenvalue weighted by Gasteiger charge is -2.16. The largest absolute Gasteiger partial charge is 0.420 e. The maximum atomic E-state index is 13.6. The maximum absolute atomic E-state index is 13.6. The molecular weight excluding hydrogens is 927 g/mol. The molecule has 0 aliphatic carbocycles. The first-order valence-corrected chi connectivity index (χ1v) is 24.2. The number of halogens is 4. The molecule has 0 radical (unpaired) electrons. The molecule has 0 spiro atoms. The minimum atomic E-state index is -1.79. The molecule has 0 atom stereocenters. The van der Waals surface area contributed by atoms with Gasteiger partial charge in [0, 0.05) is 24.4 Å². The van der Waals surface area contributed by atoms with Crippen LogP contribution in [-0.2, 0) is 65.0 Å². The number of aryl methyl sites for hydroxylation is 2. The number of hydrogen-bond acceptors (Lipinski definition) is 16. The fourth-order valence-electron chi connectivity index (χ4n) is 6.75. The van der Waals surface area contributed by atoms with Crippen molar-refractivity contribution in [2.75, 3.05) is 158 Å². The first kappa shape index (κ1) is 58.4. The van der Waals surface area contributed by atoms with Gasteiger partial charge in [-0.3, -0.25) is 4.79 Å². The number of rotatable bonds is 43. The predicted octanol–water partition coefficient (Wildman–Crippen LogP) is 6.40. The smallest absolute Gasteiger partial charge is 0.313 e. The monoisotopic (exact) mass is 1000 g/mol. The lowest BCUT2D eigenvalue weighted by atomic mass is 10.0. The van der Waals surface area contributed by atoms with Crippen LogP contribution in [0.15, 0.2) is 24.3 Å². The molecule has 0 unspecified atom stereocenters. The first-order chi connectivity index (χ1) is 34.2. The fourth-order valence-corrected chi connectivity index (χ4v) is 6.75. The van der Waals surface area contributed by atoms with Crippen LogP contribution < -0.4 is 10.5 Å². The molecule has 3 N–H and O–H groups in total. The number of likely N-dealkylation sites (N-methyl/N-ethyl adjacent to an activating group) is 1. The van der Waals surface area contributed by atoms with Crippen molar-refractivity contribution < 1.29 is 74.5 Å². The standard InChI is InChI=1S/C49H73F4N5O12/c1-3-4-9-42-56-46-38-11-10-37(35-41(38)55-49(54)47(46)57-42)8-6-5-7-13-58(2)14-16-61-18-20-63-22-24-65-26-28-67-30-32-69-34-33-68-31-29-66-27-25-64-23-21-62-19-17-60-15-12-43(59)70-48-44(52)39(50)36-40(51)45(48)53/h10-11,35-36H,3-9,12-34H2,1-2H3,(H2,54,55)(H,56,57). The van der Waals surface area contributed by atoms with Crippen molar-refractivity contribution in [2.24, 2.45) is 0 Å². The Balaban J connectivity index is 0.799. The Morgan fingerprint density at radius 3 is 1.57 bits per heavy atom. The second-order valence-corrected chi connectivity index (χ2v) is 16.1. The van der Waals surface area contributed by atoms with Crippen LogP contribution in [0.2, 0.25) is 0 Å². The van der Waals surface area contributed by atoms with Gasteiger partial charge in [0.2, 0.25) is 17.4 Å². The highest BCUT2D eigenvalue weighted by molar-refractivity contribution is 6.06. The molecule has 2 heterocycles. The fraction of sp³-hybridized carbons (Fsp3) is 0.653. The number of imidazole rings is 1. The van der Waals surface area contributed by atoms with E-state index in [1.165, 1.54) is 5.56 Å². The Hall–Kier alpha value is -4.13. The summed E-state index contributed by atoms with van der Waals surface area (Å²) in [4.78, 5) is 26.9. The van der Waals surface area contributed by atoms with Crippen LogP contribution >= 0.6 is 0 Å². The summed E-state index contributed by atoms with van der Waals surface area (Å²) in [5.74, 6) is -8.03. The van der Waals surface area contributed by atoms with E-state index in [4.69, 9.17) is 58.1 Å². The van der Waals surface area contributed by atoms with Gasteiger partial charge in [0.05, 0.1) is 150 Å². The van der Waals surface area contributed by atoms with E-state index in [1.807, 2.05) is 0 Å². The van der Waals surface area contributed by atoms with Gasteiger partial charge in [-0.2, -0.15) is 8.78 Å². The van der Waals surface area contributed by atoms with E-state index >= 15 is 0 Å². The molecule has 4 rings (SSSR count). The molecular formula is C49H73F4N5O12. The van der Waals surface area contributed by atoms with Crippen molar-refractivity contribution in [1.29, 1.82) is 0 Å². The van der Waals surface area contributed by atoms with Crippen molar-refractivity contribution in [1.82, 2.24) is 19.9 Å². The van der Waals surface area contributed by atoms with Crippen molar-refractivity contribution in [2.45, 2.75) is 58.3 Å². The van der Waals surface area contributed by atoms with Gasteiger partial charge in [-0.05, 0) is 50.9 Å². The normalized spacial score (nSPS) is 11.8. The van der Waals surface area contributed by atoms with Crippen LogP contribution in [0.1, 0.15) is 56.8 Å². The van der Waals surface area contributed by atoms with Crippen LogP contribution in [0.25, 0.3) is 21.9 Å². The second-order valence-electron chi connectivity index (χ2n) is 16.1. The molecule has 17 nitrogen and oxygen atoms in total. The number of benzene rings is 2. The zero-order valence-electron chi connectivity index (χ0n) is 40.9. The molecule has 2 aromatic heterocycles. The van der Waals surface area contributed by atoms with E-state index in [2.05, 4.69) is 51.8 Å². The Labute approximate surface area is 408 Å². The third-order valence-corrected chi connectivity index (χ3v) is 10.5. The molecule has 0 amide bonds. The third kappa shape index (κ3) is 23.4. The van der Waals surface area contributed by atoms with E-state index in [0.29, 0.717) is 118 Å². The molecule has 0 saturated heterocycles. The third-order valence-electron chi connectivity index (χ3n) is 10.5. The van der Waals surface area contributed by atoms with Crippen molar-refractivity contribution in [3.8, 4) is 5.75 Å².